The van der Waals surface area contributed by atoms with Gasteiger partial charge in [-0.05, 0) is 48.2 Å². The number of hydrogen-bond acceptors (Lipinski definition) is 11. The lowest BCUT2D eigenvalue weighted by Crippen LogP contribution is -2.12. The average Bonchev–Trinajstić information content (AvgIpc) is 3.31. The summed E-state index contributed by atoms with van der Waals surface area (Å²) in [5.74, 6) is 0.138. The minimum atomic E-state index is -0.545. The number of anilines is 3. The normalized spacial score (nSPS) is 12.4. The van der Waals surface area contributed by atoms with E-state index in [0.717, 1.165) is 11.8 Å². The van der Waals surface area contributed by atoms with Crippen LogP contribution in [0.3, 0.4) is 0 Å². The van der Waals surface area contributed by atoms with Crippen LogP contribution in [0.2, 0.25) is 0 Å². The van der Waals surface area contributed by atoms with Gasteiger partial charge in [0.05, 0.1) is 16.8 Å². The maximum Gasteiger partial charge on any atom is 0.269 e. The molecule has 11 nitrogen and oxygen atoms in total. The minimum absolute atomic E-state index is 0.0472. The van der Waals surface area contributed by atoms with Gasteiger partial charge in [-0.3, -0.25) is 19.9 Å². The lowest BCUT2D eigenvalue weighted by Gasteiger charge is -2.14. The van der Waals surface area contributed by atoms with Gasteiger partial charge >= 0.3 is 0 Å². The molecule has 164 valence electrons. The monoisotopic (exact) mass is 468 g/mol. The first-order chi connectivity index (χ1) is 16.5. The molecule has 0 bridgehead atoms. The molecule has 1 aromatic heterocycles. The second-order valence-electron chi connectivity index (χ2n) is 6.62. The van der Waals surface area contributed by atoms with Gasteiger partial charge in [-0.25, -0.2) is 9.99 Å². The second-order valence-corrected chi connectivity index (χ2v) is 7.60. The standard InChI is InChI=1S/C22H12N8O3S/c23-11-15(12-24)22-29(17-5-7-18(8-6-17)30(32)33)28-21(34-22)20(31)14-1-3-16(4-2-14)27-19-13-25-9-10-26-19/h1-10,13H,(H,26,27). The Morgan fingerprint density at radius 2 is 1.76 bits per heavy atom. The molecule has 0 unspecified atom stereocenters. The van der Waals surface area contributed by atoms with Crippen molar-refractivity contribution in [1.29, 1.82) is 10.5 Å². The number of allylic oxidation sites excluding steroid dienone is 1. The van der Waals surface area contributed by atoms with Crippen LogP contribution in [0.5, 0.6) is 0 Å². The highest BCUT2D eigenvalue weighted by atomic mass is 32.2. The molecule has 12 heteroatoms. The van der Waals surface area contributed by atoms with E-state index < -0.39 is 10.7 Å². The van der Waals surface area contributed by atoms with Crippen LogP contribution in [0.15, 0.2) is 82.8 Å². The van der Waals surface area contributed by atoms with Gasteiger partial charge in [0.25, 0.3) is 5.69 Å². The Hall–Kier alpha value is -5.07. The zero-order valence-electron chi connectivity index (χ0n) is 17.1. The van der Waals surface area contributed by atoms with E-state index in [9.17, 15) is 25.4 Å². The molecule has 0 spiro atoms. The van der Waals surface area contributed by atoms with Crippen molar-refractivity contribution < 1.29 is 9.72 Å². The molecule has 0 saturated heterocycles. The summed E-state index contributed by atoms with van der Waals surface area (Å²) in [4.78, 5) is 31.6. The number of rotatable bonds is 6. The summed E-state index contributed by atoms with van der Waals surface area (Å²) in [6.45, 7) is 0. The molecule has 0 amide bonds. The highest BCUT2D eigenvalue weighted by Crippen LogP contribution is 2.38. The number of nitro groups is 1. The molecule has 2 heterocycles. The van der Waals surface area contributed by atoms with E-state index in [1.165, 1.54) is 29.3 Å². The van der Waals surface area contributed by atoms with Crippen molar-refractivity contribution in [3.63, 3.8) is 0 Å². The number of hydrazone groups is 1. The van der Waals surface area contributed by atoms with Gasteiger partial charge in [0, 0.05) is 35.8 Å². The van der Waals surface area contributed by atoms with Gasteiger partial charge in [0.1, 0.15) is 23.0 Å². The van der Waals surface area contributed by atoms with Gasteiger partial charge in [-0.1, -0.05) is 0 Å². The number of hydrogen-bond donors (Lipinski definition) is 1. The van der Waals surface area contributed by atoms with Gasteiger partial charge in [0.15, 0.2) is 10.6 Å². The summed E-state index contributed by atoms with van der Waals surface area (Å²) < 4.78 is 0. The van der Waals surface area contributed by atoms with E-state index >= 15 is 0 Å². The molecule has 0 radical (unpaired) electrons. The van der Waals surface area contributed by atoms with Crippen molar-refractivity contribution in [3.8, 4) is 12.1 Å². The molecule has 0 aliphatic carbocycles. The quantitative estimate of drug-likeness (QED) is 0.241. The molecule has 1 N–H and O–H groups in total. The molecule has 0 saturated carbocycles. The third-order valence-electron chi connectivity index (χ3n) is 4.50. The number of ketones is 1. The predicted molar refractivity (Wildman–Crippen MR) is 125 cm³/mol. The number of Topliss-reactive ketones (excluding diaryl/α,β-unsaturated/α-hetero) is 1. The number of benzene rings is 2. The van der Waals surface area contributed by atoms with Crippen LogP contribution in [-0.4, -0.2) is 25.7 Å². The Morgan fingerprint density at radius 1 is 1.06 bits per heavy atom. The van der Waals surface area contributed by atoms with Crippen molar-refractivity contribution in [1.82, 2.24) is 9.97 Å². The second kappa shape index (κ2) is 9.60. The molecule has 3 aromatic rings. The van der Waals surface area contributed by atoms with Crippen LogP contribution in [0, 0.1) is 32.8 Å². The Balaban J connectivity index is 1.61. The molecule has 1 aliphatic rings. The number of non-ortho nitro benzene ring substituents is 1. The molecule has 0 fully saturated rings. The van der Waals surface area contributed by atoms with Crippen LogP contribution in [0.4, 0.5) is 22.9 Å². The molecular formula is C22H12N8O3S. The summed E-state index contributed by atoms with van der Waals surface area (Å²) in [5, 5.41) is 38.4. The first-order valence-electron chi connectivity index (χ1n) is 9.53. The smallest absolute Gasteiger partial charge is 0.269 e. The van der Waals surface area contributed by atoms with Crippen LogP contribution in [0.25, 0.3) is 0 Å². The van der Waals surface area contributed by atoms with Crippen LogP contribution < -0.4 is 10.3 Å². The van der Waals surface area contributed by atoms with Gasteiger partial charge in [-0.15, -0.1) is 0 Å². The predicted octanol–water partition coefficient (Wildman–Crippen LogP) is 4.14. The van der Waals surface area contributed by atoms with Gasteiger partial charge in [0.2, 0.25) is 5.78 Å². The third kappa shape index (κ3) is 4.57. The largest absolute Gasteiger partial charge is 0.339 e. The molecule has 34 heavy (non-hydrogen) atoms. The first kappa shape index (κ1) is 22.1. The van der Waals surface area contributed by atoms with E-state index in [2.05, 4.69) is 20.4 Å². The Morgan fingerprint density at radius 3 is 2.35 bits per heavy atom. The topological polar surface area (TPSA) is 161 Å². The summed E-state index contributed by atoms with van der Waals surface area (Å²) in [5.41, 5.74) is 1.04. The van der Waals surface area contributed by atoms with Crippen molar-refractivity contribution in [3.05, 3.63) is 93.4 Å². The fraction of sp³-hybridized carbons (Fsp3) is 0. The number of thioether (sulfide) groups is 1. The Labute approximate surface area is 196 Å². The highest BCUT2D eigenvalue weighted by Gasteiger charge is 2.31. The molecule has 1 aliphatic heterocycles. The number of nitrogens with one attached hydrogen (secondary N) is 1. The Bertz CT molecular complexity index is 1390. The highest BCUT2D eigenvalue weighted by molar-refractivity contribution is 8.19. The van der Waals surface area contributed by atoms with Crippen molar-refractivity contribution in [2.24, 2.45) is 5.10 Å². The molecular weight excluding hydrogens is 456 g/mol. The SMILES string of the molecule is N#CC(C#N)=C1SC(C(=O)c2ccc(Nc3cnccn3)cc2)=NN1c1ccc([N+](=O)[O-])cc1. The van der Waals surface area contributed by atoms with Gasteiger partial charge < -0.3 is 5.32 Å². The number of carbonyl (C=O) groups is 1. The number of aromatic nitrogens is 2. The zero-order chi connectivity index (χ0) is 24.1. The van der Waals surface area contributed by atoms with Crippen LogP contribution in [0.1, 0.15) is 10.4 Å². The number of nitro benzene ring substituents is 1. The Kier molecular flexibility index (Phi) is 6.25. The number of carbonyl (C=O) groups excluding carboxylic acids is 1. The number of nitrogens with zero attached hydrogens (tertiary/aromatic N) is 7. The van der Waals surface area contributed by atoms with Crippen LogP contribution in [-0.2, 0) is 0 Å². The van der Waals surface area contributed by atoms with E-state index in [-0.39, 0.29) is 21.3 Å². The van der Waals surface area contributed by atoms with E-state index in [1.807, 2.05) is 0 Å². The fourth-order valence-corrected chi connectivity index (χ4v) is 3.83. The maximum absolute atomic E-state index is 13.1. The molecule has 2 aromatic carbocycles. The third-order valence-corrected chi connectivity index (χ3v) is 5.53. The van der Waals surface area contributed by atoms with E-state index in [1.54, 1.807) is 55.0 Å². The first-order valence-corrected chi connectivity index (χ1v) is 10.3. The minimum Gasteiger partial charge on any atom is -0.339 e. The summed E-state index contributed by atoms with van der Waals surface area (Å²) in [7, 11) is 0. The lowest BCUT2D eigenvalue weighted by atomic mass is 10.1. The molecule has 4 rings (SSSR count). The lowest BCUT2D eigenvalue weighted by molar-refractivity contribution is -0.384. The van der Waals surface area contributed by atoms with E-state index in [4.69, 9.17) is 0 Å². The zero-order valence-corrected chi connectivity index (χ0v) is 17.9. The van der Waals surface area contributed by atoms with Crippen molar-refractivity contribution >= 4 is 45.5 Å². The molecule has 0 atom stereocenters. The van der Waals surface area contributed by atoms with Gasteiger partial charge in [-0.2, -0.15) is 15.6 Å². The van der Waals surface area contributed by atoms with Crippen LogP contribution >= 0.6 is 11.8 Å². The summed E-state index contributed by atoms with van der Waals surface area (Å²) in [6.07, 6.45) is 4.67. The fourth-order valence-electron chi connectivity index (χ4n) is 2.89. The average molecular weight is 468 g/mol. The summed E-state index contributed by atoms with van der Waals surface area (Å²) in [6, 6.07) is 15.6. The maximum atomic E-state index is 13.1. The van der Waals surface area contributed by atoms with Crippen molar-refractivity contribution in [2.45, 2.75) is 0 Å². The summed E-state index contributed by atoms with van der Waals surface area (Å²) >= 11 is 0.884. The number of nitriles is 2. The van der Waals surface area contributed by atoms with E-state index in [0.29, 0.717) is 22.8 Å². The van der Waals surface area contributed by atoms with Crippen molar-refractivity contribution in [2.75, 3.05) is 10.3 Å².